The van der Waals surface area contributed by atoms with Crippen LogP contribution in [0, 0.1) is 6.92 Å². The van der Waals surface area contributed by atoms with E-state index in [9.17, 15) is 20.1 Å². The van der Waals surface area contributed by atoms with Crippen molar-refractivity contribution in [3.8, 4) is 5.75 Å². The van der Waals surface area contributed by atoms with E-state index in [0.717, 1.165) is 5.56 Å². The number of phenolic OH excluding ortho intramolecular Hbond substituents is 1. The quantitative estimate of drug-likeness (QED) is 0.673. The first kappa shape index (κ1) is 13.5. The van der Waals surface area contributed by atoms with Crippen LogP contribution in [-0.2, 0) is 9.53 Å². The summed E-state index contributed by atoms with van der Waals surface area (Å²) in [6.07, 6.45) is -3.21. The van der Waals surface area contributed by atoms with Crippen molar-refractivity contribution in [3.63, 3.8) is 0 Å². The summed E-state index contributed by atoms with van der Waals surface area (Å²) in [5.74, 6) is -1.08. The van der Waals surface area contributed by atoms with Crippen molar-refractivity contribution in [2.75, 3.05) is 6.61 Å². The number of benzene rings is 1. The molecule has 0 aliphatic rings. The molecule has 0 spiro atoms. The SMILES string of the molecule is CCOC(=O)C(O)C(O)c1ccc(C)cc1O. The van der Waals surface area contributed by atoms with Crippen LogP contribution in [0.2, 0.25) is 0 Å². The molecule has 3 N–H and O–H groups in total. The lowest BCUT2D eigenvalue weighted by molar-refractivity contribution is -0.159. The molecule has 0 bridgehead atoms. The van der Waals surface area contributed by atoms with Crippen molar-refractivity contribution in [2.45, 2.75) is 26.1 Å². The highest BCUT2D eigenvalue weighted by Gasteiger charge is 2.28. The number of aliphatic hydroxyl groups is 2. The molecule has 17 heavy (non-hydrogen) atoms. The van der Waals surface area contributed by atoms with Gasteiger partial charge in [0.2, 0.25) is 0 Å². The second-order valence-corrected chi connectivity index (χ2v) is 3.70. The number of carbonyl (C=O) groups excluding carboxylic acids is 1. The molecule has 0 aliphatic heterocycles. The Morgan fingerprint density at radius 2 is 2.06 bits per heavy atom. The summed E-state index contributed by atoms with van der Waals surface area (Å²) in [5, 5.41) is 28.9. The zero-order valence-corrected chi connectivity index (χ0v) is 9.75. The largest absolute Gasteiger partial charge is 0.508 e. The van der Waals surface area contributed by atoms with Crippen molar-refractivity contribution >= 4 is 5.97 Å². The summed E-state index contributed by atoms with van der Waals surface area (Å²) in [7, 11) is 0. The van der Waals surface area contributed by atoms with Crippen LogP contribution in [0.1, 0.15) is 24.2 Å². The van der Waals surface area contributed by atoms with Crippen molar-refractivity contribution in [1.29, 1.82) is 0 Å². The molecule has 1 aromatic carbocycles. The van der Waals surface area contributed by atoms with Crippen LogP contribution in [0.4, 0.5) is 0 Å². The number of phenols is 1. The highest BCUT2D eigenvalue weighted by molar-refractivity contribution is 5.75. The Labute approximate surface area is 99.3 Å². The first-order valence-corrected chi connectivity index (χ1v) is 5.29. The van der Waals surface area contributed by atoms with E-state index in [1.807, 2.05) is 0 Å². The number of ether oxygens (including phenoxy) is 1. The minimum atomic E-state index is -1.71. The van der Waals surface area contributed by atoms with E-state index in [1.165, 1.54) is 12.1 Å². The maximum atomic E-state index is 11.2. The fourth-order valence-corrected chi connectivity index (χ4v) is 1.43. The van der Waals surface area contributed by atoms with Gasteiger partial charge < -0.3 is 20.1 Å². The van der Waals surface area contributed by atoms with Crippen molar-refractivity contribution in [3.05, 3.63) is 29.3 Å². The lowest BCUT2D eigenvalue weighted by Gasteiger charge is -2.17. The lowest BCUT2D eigenvalue weighted by Crippen LogP contribution is -2.29. The highest BCUT2D eigenvalue weighted by Crippen LogP contribution is 2.27. The smallest absolute Gasteiger partial charge is 0.338 e. The van der Waals surface area contributed by atoms with E-state index in [-0.39, 0.29) is 17.9 Å². The van der Waals surface area contributed by atoms with E-state index < -0.39 is 18.2 Å². The first-order valence-electron chi connectivity index (χ1n) is 5.29. The Hall–Kier alpha value is -1.59. The Bertz CT molecular complexity index is 402. The van der Waals surface area contributed by atoms with Gasteiger partial charge in [-0.2, -0.15) is 0 Å². The molecule has 5 nitrogen and oxygen atoms in total. The van der Waals surface area contributed by atoms with Crippen molar-refractivity contribution < 1.29 is 24.9 Å². The molecule has 0 fully saturated rings. The van der Waals surface area contributed by atoms with Gasteiger partial charge in [-0.3, -0.25) is 0 Å². The van der Waals surface area contributed by atoms with Gasteiger partial charge in [0.05, 0.1) is 6.61 Å². The summed E-state index contributed by atoms with van der Waals surface area (Å²) in [6.45, 7) is 3.49. The number of hydrogen-bond acceptors (Lipinski definition) is 5. The molecule has 0 heterocycles. The molecule has 2 atom stereocenters. The van der Waals surface area contributed by atoms with Crippen LogP contribution in [-0.4, -0.2) is 34.0 Å². The van der Waals surface area contributed by atoms with Gasteiger partial charge in [-0.1, -0.05) is 12.1 Å². The number of aryl methyl sites for hydroxylation is 1. The third-order valence-corrected chi connectivity index (χ3v) is 2.33. The predicted molar refractivity (Wildman–Crippen MR) is 60.4 cm³/mol. The molecule has 0 aliphatic carbocycles. The van der Waals surface area contributed by atoms with Crippen molar-refractivity contribution in [2.24, 2.45) is 0 Å². The number of aromatic hydroxyl groups is 1. The van der Waals surface area contributed by atoms with E-state index in [1.54, 1.807) is 19.9 Å². The van der Waals surface area contributed by atoms with Crippen LogP contribution < -0.4 is 0 Å². The fourth-order valence-electron chi connectivity index (χ4n) is 1.43. The van der Waals surface area contributed by atoms with Gasteiger partial charge in [0.1, 0.15) is 11.9 Å². The Morgan fingerprint density at radius 3 is 2.59 bits per heavy atom. The molecule has 0 saturated heterocycles. The molecule has 0 saturated carbocycles. The van der Waals surface area contributed by atoms with E-state index in [4.69, 9.17) is 0 Å². The van der Waals surface area contributed by atoms with Gasteiger partial charge >= 0.3 is 5.97 Å². The van der Waals surface area contributed by atoms with Gasteiger partial charge in [0, 0.05) is 5.56 Å². The van der Waals surface area contributed by atoms with E-state index >= 15 is 0 Å². The minimum Gasteiger partial charge on any atom is -0.508 e. The van der Waals surface area contributed by atoms with Gasteiger partial charge in [-0.05, 0) is 25.5 Å². The fraction of sp³-hybridized carbons (Fsp3) is 0.417. The topological polar surface area (TPSA) is 87.0 Å². The maximum Gasteiger partial charge on any atom is 0.338 e. The highest BCUT2D eigenvalue weighted by atomic mass is 16.5. The third kappa shape index (κ3) is 3.18. The number of hydrogen-bond donors (Lipinski definition) is 3. The molecule has 0 amide bonds. The summed E-state index contributed by atoms with van der Waals surface area (Å²) in [5.41, 5.74) is 0.903. The summed E-state index contributed by atoms with van der Waals surface area (Å²) < 4.78 is 4.58. The summed E-state index contributed by atoms with van der Waals surface area (Å²) in [4.78, 5) is 11.2. The molecular formula is C12H16O5. The lowest BCUT2D eigenvalue weighted by atomic mass is 10.0. The molecular weight excluding hydrogens is 224 g/mol. The second-order valence-electron chi connectivity index (χ2n) is 3.70. The zero-order chi connectivity index (χ0) is 13.0. The minimum absolute atomic E-state index is 0.0937. The molecule has 0 radical (unpaired) electrons. The Morgan fingerprint density at radius 1 is 1.41 bits per heavy atom. The summed E-state index contributed by atoms with van der Waals surface area (Å²) >= 11 is 0. The van der Waals surface area contributed by atoms with Crippen LogP contribution >= 0.6 is 0 Å². The first-order chi connectivity index (χ1) is 7.97. The second kappa shape index (κ2) is 5.65. The average Bonchev–Trinajstić information content (AvgIpc) is 2.27. The van der Waals surface area contributed by atoms with Gasteiger partial charge in [-0.15, -0.1) is 0 Å². The molecule has 94 valence electrons. The normalized spacial score (nSPS) is 14.1. The predicted octanol–water partition coefficient (Wildman–Crippen LogP) is 0.658. The molecule has 2 unspecified atom stereocenters. The third-order valence-electron chi connectivity index (χ3n) is 2.33. The average molecular weight is 240 g/mol. The van der Waals surface area contributed by atoms with E-state index in [0.29, 0.717) is 0 Å². The molecule has 0 aromatic heterocycles. The van der Waals surface area contributed by atoms with Crippen LogP contribution in [0.15, 0.2) is 18.2 Å². The van der Waals surface area contributed by atoms with Gasteiger partial charge in [-0.25, -0.2) is 4.79 Å². The molecule has 1 aromatic rings. The molecule has 1 rings (SSSR count). The summed E-state index contributed by atoms with van der Waals surface area (Å²) in [6, 6.07) is 4.56. The standard InChI is InChI=1S/C12H16O5/c1-3-17-12(16)11(15)10(14)8-5-4-7(2)6-9(8)13/h4-6,10-11,13-15H,3H2,1-2H3. The Kier molecular flexibility index (Phi) is 4.48. The van der Waals surface area contributed by atoms with Crippen LogP contribution in [0.3, 0.4) is 0 Å². The van der Waals surface area contributed by atoms with Crippen molar-refractivity contribution in [1.82, 2.24) is 0 Å². The monoisotopic (exact) mass is 240 g/mol. The molecule has 5 heteroatoms. The zero-order valence-electron chi connectivity index (χ0n) is 9.75. The number of aliphatic hydroxyl groups excluding tert-OH is 2. The maximum absolute atomic E-state index is 11.2. The van der Waals surface area contributed by atoms with Gasteiger partial charge in [0.25, 0.3) is 0 Å². The number of carbonyl (C=O) groups is 1. The Balaban J connectivity index is 2.88. The van der Waals surface area contributed by atoms with E-state index in [2.05, 4.69) is 4.74 Å². The van der Waals surface area contributed by atoms with Crippen LogP contribution in [0.5, 0.6) is 5.75 Å². The number of rotatable bonds is 4. The number of esters is 1. The van der Waals surface area contributed by atoms with Crippen LogP contribution in [0.25, 0.3) is 0 Å². The van der Waals surface area contributed by atoms with Gasteiger partial charge in [0.15, 0.2) is 6.10 Å².